The molecule has 0 bridgehead atoms. The first-order chi connectivity index (χ1) is 17.0. The molecule has 0 fully saturated rings. The van der Waals surface area contributed by atoms with Crippen LogP contribution >= 0.6 is 0 Å². The number of hydrogen-bond acceptors (Lipinski definition) is 7. The maximum absolute atomic E-state index is 12.9. The molecule has 0 aromatic heterocycles. The number of carbonyl (C=O) groups excluding carboxylic acids is 2. The van der Waals surface area contributed by atoms with Gasteiger partial charge in [0, 0.05) is 11.3 Å². The Morgan fingerprint density at radius 3 is 2.09 bits per heavy atom. The summed E-state index contributed by atoms with van der Waals surface area (Å²) in [5.41, 5.74) is 2.88. The van der Waals surface area contributed by atoms with Crippen molar-refractivity contribution < 1.29 is 33.5 Å². The molecule has 0 radical (unpaired) electrons. The number of para-hydroxylation sites is 1. The van der Waals surface area contributed by atoms with E-state index >= 15 is 0 Å². The minimum absolute atomic E-state index is 0.346. The van der Waals surface area contributed by atoms with Gasteiger partial charge in [0.1, 0.15) is 5.75 Å². The molecule has 1 unspecified atom stereocenters. The average molecular weight is 474 g/mol. The zero-order valence-electron chi connectivity index (χ0n) is 19.5. The summed E-state index contributed by atoms with van der Waals surface area (Å²) in [5, 5.41) is 10.8. The number of ether oxygens (including phenoxy) is 3. The Bertz CT molecular complexity index is 1300. The van der Waals surface area contributed by atoms with Crippen molar-refractivity contribution in [2.45, 2.75) is 6.17 Å². The molecule has 0 aliphatic carbocycles. The number of aliphatic hydroxyl groups is 1. The highest BCUT2D eigenvalue weighted by Crippen LogP contribution is 2.41. The molecule has 8 heteroatoms. The van der Waals surface area contributed by atoms with Crippen LogP contribution < -0.4 is 9.64 Å². The van der Waals surface area contributed by atoms with E-state index in [1.54, 1.807) is 13.3 Å². The van der Waals surface area contributed by atoms with Gasteiger partial charge in [-0.3, -0.25) is 4.90 Å². The van der Waals surface area contributed by atoms with E-state index in [2.05, 4.69) is 0 Å². The number of fused-ring (bicyclic) bond motifs is 1. The van der Waals surface area contributed by atoms with E-state index in [0.717, 1.165) is 29.6 Å². The van der Waals surface area contributed by atoms with Gasteiger partial charge in [-0.2, -0.15) is 4.58 Å². The number of hydrogen-bond donors (Lipinski definition) is 1. The van der Waals surface area contributed by atoms with Gasteiger partial charge < -0.3 is 19.3 Å². The molecule has 35 heavy (non-hydrogen) atoms. The summed E-state index contributed by atoms with van der Waals surface area (Å²) in [4.78, 5) is 27.3. The molecule has 0 saturated carbocycles. The predicted octanol–water partition coefficient (Wildman–Crippen LogP) is 4.09. The molecule has 0 spiro atoms. The Morgan fingerprint density at radius 1 is 0.829 bits per heavy atom. The van der Waals surface area contributed by atoms with Crippen molar-refractivity contribution >= 4 is 29.5 Å². The van der Waals surface area contributed by atoms with Crippen LogP contribution in [0.15, 0.2) is 90.3 Å². The van der Waals surface area contributed by atoms with E-state index in [4.69, 9.17) is 14.2 Å². The fourth-order valence-corrected chi connectivity index (χ4v) is 4.05. The monoisotopic (exact) mass is 473 g/mol. The summed E-state index contributed by atoms with van der Waals surface area (Å²) in [6.07, 6.45) is 1.04. The van der Waals surface area contributed by atoms with Crippen LogP contribution in [0.25, 0.3) is 0 Å². The van der Waals surface area contributed by atoms with E-state index in [1.807, 2.05) is 83.8 Å². The maximum atomic E-state index is 12.9. The topological polar surface area (TPSA) is 88.3 Å². The van der Waals surface area contributed by atoms with Crippen molar-refractivity contribution in [2.75, 3.05) is 26.2 Å². The number of rotatable bonds is 6. The van der Waals surface area contributed by atoms with E-state index in [0.29, 0.717) is 5.75 Å². The van der Waals surface area contributed by atoms with Crippen molar-refractivity contribution in [3.63, 3.8) is 0 Å². The Labute approximate surface area is 202 Å². The van der Waals surface area contributed by atoms with Gasteiger partial charge in [-0.25, -0.2) is 9.59 Å². The second-order valence-corrected chi connectivity index (χ2v) is 7.63. The fourth-order valence-electron chi connectivity index (χ4n) is 4.05. The number of carbonyl (C=O) groups is 2. The maximum Gasteiger partial charge on any atom is 0.407 e. The van der Waals surface area contributed by atoms with Crippen LogP contribution in [0.2, 0.25) is 0 Å². The number of methoxy groups -OCH3 is 3. The zero-order chi connectivity index (χ0) is 24.9. The highest BCUT2D eigenvalue weighted by Gasteiger charge is 2.44. The van der Waals surface area contributed by atoms with Gasteiger partial charge in [-0.05, 0) is 36.4 Å². The van der Waals surface area contributed by atoms with Crippen molar-refractivity contribution in [1.82, 2.24) is 0 Å². The second-order valence-electron chi connectivity index (χ2n) is 7.63. The van der Waals surface area contributed by atoms with Crippen LogP contribution in [0.4, 0.5) is 11.4 Å². The molecule has 1 heterocycles. The normalized spacial score (nSPS) is 15.3. The molecule has 178 valence electrons. The third-order valence-electron chi connectivity index (χ3n) is 5.67. The molecule has 1 N–H and O–H groups in total. The zero-order valence-corrected chi connectivity index (χ0v) is 19.5. The van der Waals surface area contributed by atoms with Gasteiger partial charge >= 0.3 is 17.6 Å². The molecule has 3 aromatic carbocycles. The minimum atomic E-state index is -1.06. The van der Waals surface area contributed by atoms with Crippen LogP contribution in [0.3, 0.4) is 0 Å². The smallest absolute Gasteiger partial charge is 0.407 e. The first-order valence-electron chi connectivity index (χ1n) is 10.8. The summed E-state index contributed by atoms with van der Waals surface area (Å²) < 4.78 is 16.5. The lowest BCUT2D eigenvalue weighted by atomic mass is 10.0. The Balaban J connectivity index is 2.05. The van der Waals surface area contributed by atoms with E-state index in [-0.39, 0.29) is 5.70 Å². The van der Waals surface area contributed by atoms with E-state index in [1.165, 1.54) is 11.7 Å². The standard InChI is InChI=1S/C27H24N2O6/c1-33-21-15-13-20(14-16-21)29-22-12-8-7-11-19(22)17-28(25(29)18-9-5-4-6-10-18)23(26(31)34-2)24(30)27(32)35-3/h4-17,25H,1-3H3/p+1. The number of aliphatic hydroxyl groups excluding tert-OH is 1. The second kappa shape index (κ2) is 10.1. The van der Waals surface area contributed by atoms with Crippen molar-refractivity contribution in [2.24, 2.45) is 0 Å². The summed E-state index contributed by atoms with van der Waals surface area (Å²) >= 11 is 0. The highest BCUT2D eigenvalue weighted by atomic mass is 16.5. The van der Waals surface area contributed by atoms with Crippen LogP contribution in [0.1, 0.15) is 17.3 Å². The van der Waals surface area contributed by atoms with Crippen LogP contribution in [-0.2, 0) is 19.1 Å². The van der Waals surface area contributed by atoms with Crippen molar-refractivity contribution in [3.05, 3.63) is 101 Å². The Kier molecular flexibility index (Phi) is 6.82. The van der Waals surface area contributed by atoms with Gasteiger partial charge in [0.15, 0.2) is 6.21 Å². The molecular formula is C27H25N2O6+. The molecule has 4 rings (SSSR count). The van der Waals surface area contributed by atoms with Gasteiger partial charge in [0.05, 0.1) is 32.6 Å². The predicted molar refractivity (Wildman–Crippen MR) is 130 cm³/mol. The van der Waals surface area contributed by atoms with Gasteiger partial charge in [0.25, 0.3) is 11.9 Å². The Hall–Kier alpha value is -4.59. The van der Waals surface area contributed by atoms with Crippen LogP contribution in [-0.4, -0.2) is 49.2 Å². The van der Waals surface area contributed by atoms with Crippen LogP contribution in [0, 0.1) is 0 Å². The van der Waals surface area contributed by atoms with Gasteiger partial charge in [-0.1, -0.05) is 42.5 Å². The van der Waals surface area contributed by atoms with E-state index in [9.17, 15) is 14.7 Å². The third-order valence-corrected chi connectivity index (χ3v) is 5.67. The summed E-state index contributed by atoms with van der Waals surface area (Å²) in [7, 11) is 3.91. The summed E-state index contributed by atoms with van der Waals surface area (Å²) in [6, 6.07) is 24.5. The molecule has 1 aliphatic heterocycles. The van der Waals surface area contributed by atoms with Crippen molar-refractivity contribution in [3.8, 4) is 5.75 Å². The number of benzene rings is 3. The third kappa shape index (κ3) is 4.46. The first kappa shape index (κ1) is 23.6. The lowest BCUT2D eigenvalue weighted by Crippen LogP contribution is -2.40. The molecular weight excluding hydrogens is 448 g/mol. The molecule has 1 aliphatic rings. The van der Waals surface area contributed by atoms with Crippen molar-refractivity contribution in [1.29, 1.82) is 0 Å². The van der Waals surface area contributed by atoms with Crippen LogP contribution in [0.5, 0.6) is 5.75 Å². The average Bonchev–Trinajstić information content (AvgIpc) is 2.92. The molecule has 0 saturated heterocycles. The molecule has 1 atom stereocenters. The van der Waals surface area contributed by atoms with Gasteiger partial charge in [-0.15, -0.1) is 0 Å². The van der Waals surface area contributed by atoms with Gasteiger partial charge in [0.2, 0.25) is 0 Å². The quantitative estimate of drug-likeness (QED) is 0.250. The largest absolute Gasteiger partial charge is 0.497 e. The number of anilines is 2. The highest BCUT2D eigenvalue weighted by molar-refractivity contribution is 5.98. The SMILES string of the molecule is COC(=O)C(O)=C(C(=O)OC)[N+]1=Cc2ccccc2N(c2ccc(OC)cc2)C1c1ccccc1. The molecule has 0 amide bonds. The fraction of sp³-hybridized carbons (Fsp3) is 0.148. The molecule has 8 nitrogen and oxygen atoms in total. The lowest BCUT2D eigenvalue weighted by Gasteiger charge is -2.35. The summed E-state index contributed by atoms with van der Waals surface area (Å²) in [6.45, 7) is 0. The lowest BCUT2D eigenvalue weighted by molar-refractivity contribution is -0.517. The van der Waals surface area contributed by atoms with E-state index < -0.39 is 23.9 Å². The number of nitrogens with zero attached hydrogens (tertiary/aromatic N) is 2. The number of esters is 2. The summed E-state index contributed by atoms with van der Waals surface area (Å²) in [5.74, 6) is -2.11. The minimum Gasteiger partial charge on any atom is -0.497 e. The Morgan fingerprint density at radius 2 is 1.46 bits per heavy atom. The molecule has 3 aromatic rings. The first-order valence-corrected chi connectivity index (χ1v) is 10.8.